The molecule has 21 heavy (non-hydrogen) atoms. The van der Waals surface area contributed by atoms with Crippen LogP contribution in [0.25, 0.3) is 0 Å². The molecule has 3 rings (SSSR count). The maximum absolute atomic E-state index is 12.8. The molecule has 0 atom stereocenters. The van der Waals surface area contributed by atoms with E-state index in [0.717, 1.165) is 17.7 Å². The molecule has 0 radical (unpaired) electrons. The number of anilines is 1. The molecule has 1 spiro atoms. The maximum atomic E-state index is 12.8. The molecule has 4 amide bonds. The molecule has 0 aromatic heterocycles. The van der Waals surface area contributed by atoms with Crippen LogP contribution in [0.5, 0.6) is 5.75 Å². The second-order valence-electron chi connectivity index (χ2n) is 5.36. The van der Waals surface area contributed by atoms with E-state index in [-0.39, 0.29) is 0 Å². The predicted octanol–water partition coefficient (Wildman–Crippen LogP) is 1.84. The lowest BCUT2D eigenvalue weighted by molar-refractivity contribution is -0.142. The van der Waals surface area contributed by atoms with Crippen LogP contribution in [0.1, 0.15) is 25.7 Å². The van der Waals surface area contributed by atoms with E-state index in [0.29, 0.717) is 24.3 Å². The number of carbonyl (C=O) groups excluding carboxylic acids is 3. The summed E-state index contributed by atoms with van der Waals surface area (Å²) in [5.74, 6) is -0.497. The van der Waals surface area contributed by atoms with Crippen LogP contribution in [0.3, 0.4) is 0 Å². The molecule has 1 aromatic rings. The van der Waals surface area contributed by atoms with Crippen LogP contribution >= 0.6 is 0 Å². The number of benzene rings is 1. The van der Waals surface area contributed by atoms with Gasteiger partial charge in [-0.1, -0.05) is 25.0 Å². The predicted molar refractivity (Wildman–Crippen MR) is 74.9 cm³/mol. The van der Waals surface area contributed by atoms with Crippen LogP contribution in [-0.2, 0) is 9.59 Å². The van der Waals surface area contributed by atoms with Gasteiger partial charge in [0.1, 0.15) is 11.2 Å². The smallest absolute Gasteiger partial charge is 0.335 e. The fourth-order valence-electron chi connectivity index (χ4n) is 3.13. The first-order valence-electron chi connectivity index (χ1n) is 6.93. The summed E-state index contributed by atoms with van der Waals surface area (Å²) in [6.07, 6.45) is 2.59. The van der Waals surface area contributed by atoms with Crippen LogP contribution in [0, 0.1) is 5.41 Å². The number of urea groups is 1. The normalized spacial score (nSPS) is 20.8. The van der Waals surface area contributed by atoms with E-state index < -0.39 is 23.3 Å². The van der Waals surface area contributed by atoms with Gasteiger partial charge < -0.3 is 4.74 Å². The highest BCUT2D eigenvalue weighted by Gasteiger charge is 2.55. The Balaban J connectivity index is 2.07. The van der Waals surface area contributed by atoms with E-state index in [1.54, 1.807) is 24.3 Å². The molecular formula is C15H16N2O4. The van der Waals surface area contributed by atoms with Gasteiger partial charge in [0.25, 0.3) is 5.91 Å². The molecule has 0 unspecified atom stereocenters. The lowest BCUT2D eigenvalue weighted by Gasteiger charge is -2.37. The third kappa shape index (κ3) is 1.90. The molecule has 0 bridgehead atoms. The van der Waals surface area contributed by atoms with Crippen molar-refractivity contribution < 1.29 is 19.1 Å². The van der Waals surface area contributed by atoms with E-state index in [4.69, 9.17) is 4.74 Å². The van der Waals surface area contributed by atoms with Gasteiger partial charge in [0, 0.05) is 0 Å². The number of para-hydroxylation sites is 2. The van der Waals surface area contributed by atoms with E-state index in [1.165, 1.54) is 7.11 Å². The minimum atomic E-state index is -1.10. The van der Waals surface area contributed by atoms with Gasteiger partial charge >= 0.3 is 6.03 Å². The molecular weight excluding hydrogens is 272 g/mol. The molecule has 6 heteroatoms. The van der Waals surface area contributed by atoms with E-state index in [2.05, 4.69) is 5.32 Å². The molecule has 6 nitrogen and oxygen atoms in total. The first-order chi connectivity index (χ1) is 10.1. The number of rotatable bonds is 2. The molecule has 1 heterocycles. The van der Waals surface area contributed by atoms with Gasteiger partial charge in [0.2, 0.25) is 5.91 Å². The summed E-state index contributed by atoms with van der Waals surface area (Å²) in [5, 5.41) is 2.31. The average molecular weight is 288 g/mol. The number of imide groups is 2. The van der Waals surface area contributed by atoms with Gasteiger partial charge in [-0.05, 0) is 25.0 Å². The highest BCUT2D eigenvalue weighted by Crippen LogP contribution is 2.44. The second-order valence-corrected chi connectivity index (χ2v) is 5.36. The molecule has 2 aliphatic rings. The largest absolute Gasteiger partial charge is 0.495 e. The molecule has 1 aliphatic heterocycles. The van der Waals surface area contributed by atoms with Gasteiger partial charge in [-0.2, -0.15) is 0 Å². The Labute approximate surface area is 122 Å². The van der Waals surface area contributed by atoms with E-state index >= 15 is 0 Å². The van der Waals surface area contributed by atoms with Crippen LogP contribution in [0.15, 0.2) is 24.3 Å². The fourth-order valence-corrected chi connectivity index (χ4v) is 3.13. The Kier molecular flexibility index (Phi) is 3.16. The average Bonchev–Trinajstić information content (AvgIpc) is 2.97. The first-order valence-corrected chi connectivity index (χ1v) is 6.93. The number of nitrogens with one attached hydrogen (secondary N) is 1. The number of amides is 4. The number of barbiturate groups is 1. The van der Waals surface area contributed by atoms with Crippen molar-refractivity contribution in [1.29, 1.82) is 0 Å². The van der Waals surface area contributed by atoms with Gasteiger partial charge in [-0.15, -0.1) is 0 Å². The van der Waals surface area contributed by atoms with Crippen LogP contribution in [0.2, 0.25) is 0 Å². The highest BCUT2D eigenvalue weighted by atomic mass is 16.5. The number of hydrogen-bond donors (Lipinski definition) is 1. The molecule has 1 saturated heterocycles. The summed E-state index contributed by atoms with van der Waals surface area (Å²) in [6, 6.07) is 6.07. The standard InChI is InChI=1S/C15H16N2O4/c1-21-11-7-3-2-6-10(11)17-13(19)15(8-4-5-9-15)12(18)16-14(17)20/h2-3,6-7H,4-5,8-9H2,1H3,(H,16,18,20). The van der Waals surface area contributed by atoms with Crippen molar-refractivity contribution in [2.24, 2.45) is 5.41 Å². The fraction of sp³-hybridized carbons (Fsp3) is 0.400. The number of nitrogens with zero attached hydrogens (tertiary/aromatic N) is 1. The van der Waals surface area contributed by atoms with E-state index in [9.17, 15) is 14.4 Å². The van der Waals surface area contributed by atoms with Gasteiger partial charge in [-0.3, -0.25) is 14.9 Å². The van der Waals surface area contributed by atoms with Gasteiger partial charge in [0.05, 0.1) is 12.8 Å². The summed E-state index contributed by atoms with van der Waals surface area (Å²) >= 11 is 0. The van der Waals surface area contributed by atoms with Crippen molar-refractivity contribution in [3.63, 3.8) is 0 Å². The Morgan fingerprint density at radius 2 is 1.81 bits per heavy atom. The summed E-state index contributed by atoms with van der Waals surface area (Å²) in [7, 11) is 1.47. The van der Waals surface area contributed by atoms with Crippen molar-refractivity contribution in [2.75, 3.05) is 12.0 Å². The Morgan fingerprint density at radius 1 is 1.14 bits per heavy atom. The monoisotopic (exact) mass is 288 g/mol. The quantitative estimate of drug-likeness (QED) is 0.842. The topological polar surface area (TPSA) is 75.7 Å². The van der Waals surface area contributed by atoms with Gasteiger partial charge in [0.15, 0.2) is 0 Å². The minimum absolute atomic E-state index is 0.362. The van der Waals surface area contributed by atoms with Crippen molar-refractivity contribution in [3.05, 3.63) is 24.3 Å². The van der Waals surface area contributed by atoms with Crippen LogP contribution in [0.4, 0.5) is 10.5 Å². The summed E-state index contributed by atoms with van der Waals surface area (Å²) in [6.45, 7) is 0. The van der Waals surface area contributed by atoms with Crippen molar-refractivity contribution in [2.45, 2.75) is 25.7 Å². The molecule has 1 N–H and O–H groups in total. The first kappa shape index (κ1) is 13.6. The number of methoxy groups -OCH3 is 1. The molecule has 2 fully saturated rings. The third-order valence-corrected chi connectivity index (χ3v) is 4.25. The Bertz CT molecular complexity index is 620. The molecule has 110 valence electrons. The summed E-state index contributed by atoms with van der Waals surface area (Å²) < 4.78 is 5.21. The summed E-state index contributed by atoms with van der Waals surface area (Å²) in [5.41, 5.74) is -0.740. The van der Waals surface area contributed by atoms with Crippen LogP contribution in [-0.4, -0.2) is 25.0 Å². The van der Waals surface area contributed by atoms with Gasteiger partial charge in [-0.25, -0.2) is 9.69 Å². The van der Waals surface area contributed by atoms with Crippen LogP contribution < -0.4 is 15.0 Å². The number of hydrogen-bond acceptors (Lipinski definition) is 4. The minimum Gasteiger partial charge on any atom is -0.495 e. The van der Waals surface area contributed by atoms with Crippen molar-refractivity contribution in [3.8, 4) is 5.75 Å². The SMILES string of the molecule is COc1ccccc1N1C(=O)NC(=O)C2(CCCC2)C1=O. The number of carbonyl (C=O) groups is 3. The summed E-state index contributed by atoms with van der Waals surface area (Å²) in [4.78, 5) is 38.2. The van der Waals surface area contributed by atoms with Crippen molar-refractivity contribution in [1.82, 2.24) is 5.32 Å². The van der Waals surface area contributed by atoms with E-state index in [1.807, 2.05) is 0 Å². The lowest BCUT2D eigenvalue weighted by Crippen LogP contribution is -2.63. The van der Waals surface area contributed by atoms with Crippen molar-refractivity contribution >= 4 is 23.5 Å². The third-order valence-electron chi connectivity index (χ3n) is 4.25. The molecule has 1 aliphatic carbocycles. The Morgan fingerprint density at radius 3 is 2.48 bits per heavy atom. The zero-order chi connectivity index (χ0) is 15.0. The Hall–Kier alpha value is -2.37. The lowest BCUT2D eigenvalue weighted by atomic mass is 9.82. The molecule has 1 aromatic carbocycles. The highest BCUT2D eigenvalue weighted by molar-refractivity contribution is 6.30. The maximum Gasteiger partial charge on any atom is 0.335 e. The zero-order valence-electron chi connectivity index (χ0n) is 11.7. The molecule has 1 saturated carbocycles. The number of ether oxygens (including phenoxy) is 1. The second kappa shape index (κ2) is 4.87. The zero-order valence-corrected chi connectivity index (χ0v) is 11.7.